The van der Waals surface area contributed by atoms with Crippen molar-refractivity contribution in [2.45, 2.75) is 25.5 Å². The van der Waals surface area contributed by atoms with E-state index in [-0.39, 0.29) is 12.1 Å². The normalized spacial score (nSPS) is 20.9. The highest BCUT2D eigenvalue weighted by Crippen LogP contribution is 2.28. The third-order valence-electron chi connectivity index (χ3n) is 2.93. The number of fused-ring (bicyclic) bond motifs is 1. The predicted octanol–water partition coefficient (Wildman–Crippen LogP) is 2.44. The van der Waals surface area contributed by atoms with Gasteiger partial charge in [-0.1, -0.05) is 0 Å². The minimum Gasteiger partial charge on any atom is -0.493 e. The van der Waals surface area contributed by atoms with Crippen LogP contribution in [-0.4, -0.2) is 26.5 Å². The summed E-state index contributed by atoms with van der Waals surface area (Å²) < 4.78 is 8.39. The first kappa shape index (κ1) is 11.2. The molecule has 0 aliphatic carbocycles. The molecule has 1 N–H and O–H groups in total. The van der Waals surface area contributed by atoms with Gasteiger partial charge in [0.2, 0.25) is 5.88 Å². The van der Waals surface area contributed by atoms with E-state index in [9.17, 15) is 5.11 Å². The Kier molecular flexibility index (Phi) is 2.91. The fourth-order valence-corrected chi connectivity index (χ4v) is 2.74. The number of aromatic hydroxyl groups is 1. The molecule has 1 aliphatic heterocycles. The molecule has 1 unspecified atom stereocenters. The first-order valence-electron chi connectivity index (χ1n) is 5.61. The van der Waals surface area contributed by atoms with Crippen molar-refractivity contribution in [1.29, 1.82) is 0 Å². The Morgan fingerprint density at radius 3 is 3.06 bits per heavy atom. The van der Waals surface area contributed by atoms with Gasteiger partial charge < -0.3 is 9.84 Å². The van der Waals surface area contributed by atoms with Crippen molar-refractivity contribution >= 4 is 33.6 Å². The van der Waals surface area contributed by atoms with Gasteiger partial charge in [0.25, 0.3) is 0 Å². The van der Waals surface area contributed by atoms with Crippen LogP contribution < -0.4 is 0 Å². The summed E-state index contributed by atoms with van der Waals surface area (Å²) in [5.41, 5.74) is 1.65. The second-order valence-electron chi connectivity index (χ2n) is 4.09. The molecule has 2 aromatic heterocycles. The van der Waals surface area contributed by atoms with Gasteiger partial charge in [0.15, 0.2) is 6.23 Å². The highest BCUT2D eigenvalue weighted by Gasteiger charge is 2.20. The number of rotatable bonds is 1. The molecule has 0 aromatic carbocycles. The van der Waals surface area contributed by atoms with Crippen molar-refractivity contribution < 1.29 is 9.84 Å². The lowest BCUT2D eigenvalue weighted by atomic mass is 10.2. The van der Waals surface area contributed by atoms with Gasteiger partial charge in [-0.15, -0.1) is 0 Å². The van der Waals surface area contributed by atoms with Crippen molar-refractivity contribution in [3.63, 3.8) is 0 Å². The van der Waals surface area contributed by atoms with E-state index in [2.05, 4.69) is 32.7 Å². The predicted molar refractivity (Wildman–Crippen MR) is 70.7 cm³/mol. The molecule has 6 heteroatoms. The quantitative estimate of drug-likeness (QED) is 0.807. The molecule has 0 saturated carbocycles. The van der Waals surface area contributed by atoms with E-state index in [1.54, 1.807) is 6.07 Å². The molecule has 0 bridgehead atoms. The molecular formula is C11H12IN3O2. The fourth-order valence-electron chi connectivity index (χ4n) is 2.11. The van der Waals surface area contributed by atoms with Crippen molar-refractivity contribution in [1.82, 2.24) is 14.8 Å². The highest BCUT2D eigenvalue weighted by molar-refractivity contribution is 14.1. The summed E-state index contributed by atoms with van der Waals surface area (Å²) >= 11 is 2.13. The monoisotopic (exact) mass is 345 g/mol. The van der Waals surface area contributed by atoms with Crippen LogP contribution in [0.4, 0.5) is 0 Å². The maximum Gasteiger partial charge on any atom is 0.211 e. The summed E-state index contributed by atoms with van der Waals surface area (Å²) in [6.45, 7) is 0.786. The third-order valence-corrected chi connectivity index (χ3v) is 3.65. The van der Waals surface area contributed by atoms with Crippen molar-refractivity contribution in [2.24, 2.45) is 0 Å². The maximum atomic E-state index is 9.39. The van der Waals surface area contributed by atoms with Crippen LogP contribution in [0.5, 0.6) is 5.88 Å². The van der Waals surface area contributed by atoms with Crippen molar-refractivity contribution in [2.75, 3.05) is 6.61 Å². The smallest absolute Gasteiger partial charge is 0.211 e. The zero-order valence-corrected chi connectivity index (χ0v) is 11.3. The van der Waals surface area contributed by atoms with E-state index in [1.165, 1.54) is 0 Å². The third kappa shape index (κ3) is 1.99. The van der Waals surface area contributed by atoms with E-state index < -0.39 is 0 Å². The molecule has 0 spiro atoms. The van der Waals surface area contributed by atoms with Gasteiger partial charge in [-0.3, -0.25) is 0 Å². The van der Waals surface area contributed by atoms with Crippen LogP contribution in [-0.2, 0) is 4.74 Å². The molecule has 1 atom stereocenters. The number of hydrogen-bond donors (Lipinski definition) is 1. The van der Waals surface area contributed by atoms with Crippen LogP contribution in [0.25, 0.3) is 11.0 Å². The van der Waals surface area contributed by atoms with Crippen LogP contribution in [0.1, 0.15) is 25.5 Å². The average molecular weight is 345 g/mol. The van der Waals surface area contributed by atoms with Gasteiger partial charge in [-0.05, 0) is 47.9 Å². The summed E-state index contributed by atoms with van der Waals surface area (Å²) in [4.78, 5) is 4.10. The molecule has 0 amide bonds. The number of nitrogens with zero attached hydrogens (tertiary/aromatic N) is 3. The lowest BCUT2D eigenvalue weighted by Crippen LogP contribution is -2.19. The number of aromatic nitrogens is 3. The highest BCUT2D eigenvalue weighted by atomic mass is 127. The number of halogens is 1. The van der Waals surface area contributed by atoms with Gasteiger partial charge in [-0.2, -0.15) is 5.10 Å². The lowest BCUT2D eigenvalue weighted by Gasteiger charge is -2.23. The zero-order valence-electron chi connectivity index (χ0n) is 9.14. The summed E-state index contributed by atoms with van der Waals surface area (Å²) in [5, 5.41) is 13.9. The first-order chi connectivity index (χ1) is 8.25. The van der Waals surface area contributed by atoms with Gasteiger partial charge in [0.1, 0.15) is 9.22 Å². The molecule has 1 saturated heterocycles. The van der Waals surface area contributed by atoms with Crippen LogP contribution >= 0.6 is 22.6 Å². The summed E-state index contributed by atoms with van der Waals surface area (Å²) in [5.74, 6) is 0.0273. The van der Waals surface area contributed by atoms with Crippen molar-refractivity contribution in [3.05, 3.63) is 15.8 Å². The molecule has 5 nitrogen and oxygen atoms in total. The Balaban J connectivity index is 2.10. The van der Waals surface area contributed by atoms with Crippen LogP contribution in [0.15, 0.2) is 12.1 Å². The minimum absolute atomic E-state index is 0.00103. The standard InChI is InChI=1S/C11H12IN3O2/c12-11-10-7(4-5-8(16)13-10)15(14-11)9-3-1-2-6-17-9/h4-5,9H,1-3,6H2,(H,13,16). The number of pyridine rings is 1. The van der Waals surface area contributed by atoms with Gasteiger partial charge in [-0.25, -0.2) is 9.67 Å². The Hall–Kier alpha value is -0.890. The zero-order chi connectivity index (χ0) is 11.8. The second kappa shape index (κ2) is 4.41. The average Bonchev–Trinajstić information content (AvgIpc) is 2.68. The molecule has 1 aliphatic rings. The van der Waals surface area contributed by atoms with E-state index in [0.29, 0.717) is 0 Å². The molecule has 3 rings (SSSR count). The van der Waals surface area contributed by atoms with Crippen LogP contribution in [0, 0.1) is 3.70 Å². The molecule has 0 radical (unpaired) electrons. The Morgan fingerprint density at radius 1 is 1.41 bits per heavy atom. The summed E-state index contributed by atoms with van der Waals surface area (Å²) in [6.07, 6.45) is 3.26. The molecule has 3 heterocycles. The topological polar surface area (TPSA) is 60.2 Å². The van der Waals surface area contributed by atoms with Gasteiger partial charge in [0.05, 0.1) is 5.52 Å². The Labute approximate surface area is 112 Å². The summed E-state index contributed by atoms with van der Waals surface area (Å²) in [6, 6.07) is 3.42. The fraction of sp³-hybridized carbons (Fsp3) is 0.455. The molecule has 90 valence electrons. The first-order valence-corrected chi connectivity index (χ1v) is 6.69. The van der Waals surface area contributed by atoms with Crippen LogP contribution in [0.3, 0.4) is 0 Å². The van der Waals surface area contributed by atoms with E-state index in [0.717, 1.165) is 40.6 Å². The number of ether oxygens (including phenoxy) is 1. The number of hydrogen-bond acceptors (Lipinski definition) is 4. The maximum absolute atomic E-state index is 9.39. The molecule has 17 heavy (non-hydrogen) atoms. The molecule has 1 fully saturated rings. The lowest BCUT2D eigenvalue weighted by molar-refractivity contribution is -0.0368. The molecule has 2 aromatic rings. The van der Waals surface area contributed by atoms with Crippen LogP contribution in [0.2, 0.25) is 0 Å². The van der Waals surface area contributed by atoms with Gasteiger partial charge in [0, 0.05) is 12.7 Å². The van der Waals surface area contributed by atoms with E-state index >= 15 is 0 Å². The van der Waals surface area contributed by atoms with Gasteiger partial charge >= 0.3 is 0 Å². The Bertz CT molecular complexity index is 549. The van der Waals surface area contributed by atoms with E-state index in [1.807, 2.05) is 10.7 Å². The SMILES string of the molecule is Oc1ccc2c(n1)c(I)nn2C1CCCCO1. The van der Waals surface area contributed by atoms with Crippen molar-refractivity contribution in [3.8, 4) is 5.88 Å². The van der Waals surface area contributed by atoms with E-state index in [4.69, 9.17) is 4.74 Å². The minimum atomic E-state index is 0.00103. The largest absolute Gasteiger partial charge is 0.493 e. The summed E-state index contributed by atoms with van der Waals surface area (Å²) in [7, 11) is 0. The molecular weight excluding hydrogens is 333 g/mol. The second-order valence-corrected chi connectivity index (χ2v) is 5.12. The Morgan fingerprint density at radius 2 is 2.29 bits per heavy atom.